The van der Waals surface area contributed by atoms with Crippen LogP contribution in [0.3, 0.4) is 0 Å². The summed E-state index contributed by atoms with van der Waals surface area (Å²) in [5.41, 5.74) is 13.7. The molecule has 17 heavy (non-hydrogen) atoms. The Morgan fingerprint density at radius 2 is 2.00 bits per heavy atom. The molecule has 4 heteroatoms. The third-order valence-corrected chi connectivity index (χ3v) is 3.20. The Balaban J connectivity index is 2.70. The number of benzene rings is 1. The predicted molar refractivity (Wildman–Crippen MR) is 75.6 cm³/mol. The standard InChI is InChI=1S/C13H22ClN3/c1-17(2)10-6-7-11(12(14)9-10)13(16)5-3-4-8-15/h6-7,9,13H,3-5,8,15-16H2,1-2H3/t13-/m1/s1. The normalized spacial score (nSPS) is 12.5. The van der Waals surface area contributed by atoms with E-state index in [-0.39, 0.29) is 6.04 Å². The zero-order valence-electron chi connectivity index (χ0n) is 10.6. The lowest BCUT2D eigenvalue weighted by molar-refractivity contribution is 0.591. The third kappa shape index (κ3) is 4.19. The zero-order chi connectivity index (χ0) is 12.8. The molecule has 4 N–H and O–H groups in total. The van der Waals surface area contributed by atoms with Crippen molar-refractivity contribution in [2.45, 2.75) is 25.3 Å². The minimum atomic E-state index is 0.00487. The first-order valence-corrected chi connectivity index (χ1v) is 6.36. The highest BCUT2D eigenvalue weighted by molar-refractivity contribution is 6.31. The van der Waals surface area contributed by atoms with E-state index in [0.717, 1.165) is 42.1 Å². The van der Waals surface area contributed by atoms with Gasteiger partial charge in [-0.3, -0.25) is 0 Å². The van der Waals surface area contributed by atoms with Crippen LogP contribution in [0.1, 0.15) is 30.9 Å². The first kappa shape index (κ1) is 14.3. The first-order valence-electron chi connectivity index (χ1n) is 5.98. The van der Waals surface area contributed by atoms with Crippen LogP contribution in [0.25, 0.3) is 0 Å². The number of halogens is 1. The minimum Gasteiger partial charge on any atom is -0.378 e. The van der Waals surface area contributed by atoms with E-state index in [1.165, 1.54) is 0 Å². The molecule has 0 radical (unpaired) electrons. The van der Waals surface area contributed by atoms with E-state index in [1.54, 1.807) is 0 Å². The molecule has 0 aliphatic heterocycles. The number of nitrogens with zero attached hydrogens (tertiary/aromatic N) is 1. The molecule has 0 bridgehead atoms. The van der Waals surface area contributed by atoms with E-state index >= 15 is 0 Å². The van der Waals surface area contributed by atoms with Crippen LogP contribution >= 0.6 is 11.6 Å². The van der Waals surface area contributed by atoms with E-state index in [2.05, 4.69) is 0 Å². The number of anilines is 1. The van der Waals surface area contributed by atoms with Gasteiger partial charge in [-0.2, -0.15) is 0 Å². The maximum absolute atomic E-state index is 6.25. The summed E-state index contributed by atoms with van der Waals surface area (Å²) in [7, 11) is 3.99. The number of rotatable bonds is 6. The molecule has 1 atom stereocenters. The molecule has 0 amide bonds. The van der Waals surface area contributed by atoms with Crippen LogP contribution in [0.5, 0.6) is 0 Å². The van der Waals surface area contributed by atoms with E-state index in [0.29, 0.717) is 0 Å². The predicted octanol–water partition coefficient (Wildman–Crippen LogP) is 2.53. The fourth-order valence-electron chi connectivity index (χ4n) is 1.76. The summed E-state index contributed by atoms with van der Waals surface area (Å²) < 4.78 is 0. The maximum Gasteiger partial charge on any atom is 0.0474 e. The molecule has 0 aliphatic rings. The van der Waals surface area contributed by atoms with Gasteiger partial charge in [-0.15, -0.1) is 0 Å². The molecule has 0 saturated heterocycles. The number of unbranched alkanes of at least 4 members (excludes halogenated alkanes) is 1. The molecular formula is C13H22ClN3. The minimum absolute atomic E-state index is 0.00487. The van der Waals surface area contributed by atoms with Gasteiger partial charge in [-0.05, 0) is 37.1 Å². The summed E-state index contributed by atoms with van der Waals surface area (Å²) >= 11 is 6.25. The van der Waals surface area contributed by atoms with Gasteiger partial charge in [0.1, 0.15) is 0 Å². The Labute approximate surface area is 109 Å². The van der Waals surface area contributed by atoms with Crippen molar-refractivity contribution in [1.29, 1.82) is 0 Å². The average Bonchev–Trinajstić information content (AvgIpc) is 2.28. The quantitative estimate of drug-likeness (QED) is 0.768. The number of hydrogen-bond acceptors (Lipinski definition) is 3. The Kier molecular flexibility index (Phi) is 5.75. The lowest BCUT2D eigenvalue weighted by Gasteiger charge is -2.17. The molecule has 0 heterocycles. The Morgan fingerprint density at radius 3 is 2.53 bits per heavy atom. The Hall–Kier alpha value is -0.770. The fraction of sp³-hybridized carbons (Fsp3) is 0.538. The largest absolute Gasteiger partial charge is 0.378 e. The van der Waals surface area contributed by atoms with E-state index in [4.69, 9.17) is 23.1 Å². The molecule has 0 fully saturated rings. The van der Waals surface area contributed by atoms with Gasteiger partial charge in [0, 0.05) is 30.8 Å². The summed E-state index contributed by atoms with van der Waals surface area (Å²) in [5, 5.41) is 0.747. The smallest absolute Gasteiger partial charge is 0.0474 e. The van der Waals surface area contributed by atoms with Crippen molar-refractivity contribution in [1.82, 2.24) is 0 Å². The topological polar surface area (TPSA) is 55.3 Å². The number of nitrogens with two attached hydrogens (primary N) is 2. The molecule has 1 aromatic carbocycles. The van der Waals surface area contributed by atoms with Crippen LogP contribution in [0.2, 0.25) is 5.02 Å². The van der Waals surface area contributed by atoms with E-state index < -0.39 is 0 Å². The monoisotopic (exact) mass is 255 g/mol. The van der Waals surface area contributed by atoms with Gasteiger partial charge < -0.3 is 16.4 Å². The zero-order valence-corrected chi connectivity index (χ0v) is 11.4. The molecule has 0 unspecified atom stereocenters. The highest BCUT2D eigenvalue weighted by atomic mass is 35.5. The summed E-state index contributed by atoms with van der Waals surface area (Å²) in [5.74, 6) is 0. The van der Waals surface area contributed by atoms with Crippen LogP contribution in [-0.4, -0.2) is 20.6 Å². The van der Waals surface area contributed by atoms with Gasteiger partial charge >= 0.3 is 0 Å². The van der Waals surface area contributed by atoms with Crippen LogP contribution in [0, 0.1) is 0 Å². The molecular weight excluding hydrogens is 234 g/mol. The van der Waals surface area contributed by atoms with Crippen molar-refractivity contribution in [3.8, 4) is 0 Å². The fourth-order valence-corrected chi connectivity index (χ4v) is 2.07. The summed E-state index contributed by atoms with van der Waals surface area (Å²) in [6, 6.07) is 6.03. The van der Waals surface area contributed by atoms with Crippen molar-refractivity contribution in [2.75, 3.05) is 25.5 Å². The summed E-state index contributed by atoms with van der Waals surface area (Å²) in [4.78, 5) is 2.02. The van der Waals surface area contributed by atoms with Gasteiger partial charge in [0.2, 0.25) is 0 Å². The van der Waals surface area contributed by atoms with Crippen LogP contribution < -0.4 is 16.4 Å². The summed E-state index contributed by atoms with van der Waals surface area (Å²) in [6.07, 6.45) is 2.99. The van der Waals surface area contributed by atoms with Crippen LogP contribution in [0.4, 0.5) is 5.69 Å². The highest BCUT2D eigenvalue weighted by Crippen LogP contribution is 2.28. The van der Waals surface area contributed by atoms with Crippen LogP contribution in [0.15, 0.2) is 18.2 Å². The second kappa shape index (κ2) is 6.84. The molecule has 1 rings (SSSR count). The molecule has 1 aromatic rings. The SMILES string of the molecule is CN(C)c1ccc([C@H](N)CCCCN)c(Cl)c1. The molecule has 0 spiro atoms. The lowest BCUT2D eigenvalue weighted by Crippen LogP contribution is -2.13. The van der Waals surface area contributed by atoms with Crippen molar-refractivity contribution >= 4 is 17.3 Å². The Morgan fingerprint density at radius 1 is 1.29 bits per heavy atom. The van der Waals surface area contributed by atoms with Gasteiger partial charge in [0.25, 0.3) is 0 Å². The second-order valence-corrected chi connectivity index (χ2v) is 4.90. The average molecular weight is 256 g/mol. The Bertz CT molecular complexity index is 353. The second-order valence-electron chi connectivity index (χ2n) is 4.49. The van der Waals surface area contributed by atoms with Gasteiger partial charge in [0.05, 0.1) is 0 Å². The summed E-state index contributed by atoms with van der Waals surface area (Å²) in [6.45, 7) is 0.722. The highest BCUT2D eigenvalue weighted by Gasteiger charge is 2.10. The molecule has 0 aliphatic carbocycles. The van der Waals surface area contributed by atoms with Crippen molar-refractivity contribution < 1.29 is 0 Å². The maximum atomic E-state index is 6.25. The van der Waals surface area contributed by atoms with Crippen molar-refractivity contribution in [2.24, 2.45) is 11.5 Å². The molecule has 96 valence electrons. The van der Waals surface area contributed by atoms with E-state index in [9.17, 15) is 0 Å². The van der Waals surface area contributed by atoms with Crippen LogP contribution in [-0.2, 0) is 0 Å². The van der Waals surface area contributed by atoms with Gasteiger partial charge in [0.15, 0.2) is 0 Å². The molecule has 0 saturated carbocycles. The molecule has 0 aromatic heterocycles. The van der Waals surface area contributed by atoms with Gasteiger partial charge in [-0.1, -0.05) is 24.1 Å². The van der Waals surface area contributed by atoms with Crippen molar-refractivity contribution in [3.05, 3.63) is 28.8 Å². The molecule has 3 nitrogen and oxygen atoms in total. The third-order valence-electron chi connectivity index (χ3n) is 2.87. The first-order chi connectivity index (χ1) is 8.06. The van der Waals surface area contributed by atoms with Crippen molar-refractivity contribution in [3.63, 3.8) is 0 Å². The lowest BCUT2D eigenvalue weighted by atomic mass is 10.0. The van der Waals surface area contributed by atoms with Gasteiger partial charge in [-0.25, -0.2) is 0 Å². The number of hydrogen-bond donors (Lipinski definition) is 2. The van der Waals surface area contributed by atoms with E-state index in [1.807, 2.05) is 37.2 Å².